The Hall–Kier alpha value is -1.45. The molecule has 104 valence electrons. The standard InChI is InChI=1S/C17H19NOS/c1-12(13-7-9-14(19-2)10-8-13)18-16-11-20-17-6-4-3-5-15(16)17/h3-10,12,16,18H,11H2,1-2H3/t12-,16?/m0/s1. The molecule has 0 amide bonds. The molecule has 0 saturated carbocycles. The number of benzene rings is 2. The van der Waals surface area contributed by atoms with Crippen LogP contribution in [0.4, 0.5) is 0 Å². The van der Waals surface area contributed by atoms with E-state index in [0.29, 0.717) is 12.1 Å². The predicted octanol–water partition coefficient (Wildman–Crippen LogP) is 4.19. The predicted molar refractivity (Wildman–Crippen MR) is 84.5 cm³/mol. The molecule has 2 nitrogen and oxygen atoms in total. The topological polar surface area (TPSA) is 21.3 Å². The molecule has 3 heteroatoms. The number of hydrogen-bond donors (Lipinski definition) is 1. The third-order valence-electron chi connectivity index (χ3n) is 3.77. The number of nitrogens with one attached hydrogen (secondary N) is 1. The molecule has 1 aliphatic rings. The summed E-state index contributed by atoms with van der Waals surface area (Å²) < 4.78 is 5.21. The molecule has 0 spiro atoms. The summed E-state index contributed by atoms with van der Waals surface area (Å²) in [5.74, 6) is 2.02. The molecule has 3 rings (SSSR count). The summed E-state index contributed by atoms with van der Waals surface area (Å²) in [5, 5.41) is 3.73. The van der Waals surface area contributed by atoms with Gasteiger partial charge in [-0.1, -0.05) is 30.3 Å². The van der Waals surface area contributed by atoms with Crippen LogP contribution < -0.4 is 10.1 Å². The van der Waals surface area contributed by atoms with Crippen LogP contribution in [0.3, 0.4) is 0 Å². The minimum Gasteiger partial charge on any atom is -0.497 e. The first-order chi connectivity index (χ1) is 9.78. The molecule has 20 heavy (non-hydrogen) atoms. The van der Waals surface area contributed by atoms with Crippen LogP contribution in [0.2, 0.25) is 0 Å². The van der Waals surface area contributed by atoms with Crippen LogP contribution in [0.25, 0.3) is 0 Å². The van der Waals surface area contributed by atoms with E-state index < -0.39 is 0 Å². The Morgan fingerprint density at radius 3 is 2.65 bits per heavy atom. The van der Waals surface area contributed by atoms with Crippen molar-refractivity contribution >= 4 is 11.8 Å². The first-order valence-corrected chi connectivity index (χ1v) is 7.88. The number of ether oxygens (including phenoxy) is 1. The fraction of sp³-hybridized carbons (Fsp3) is 0.294. The van der Waals surface area contributed by atoms with E-state index in [4.69, 9.17) is 4.74 Å². The SMILES string of the molecule is COc1ccc([C@H](C)NC2CSc3ccccc32)cc1. The first-order valence-electron chi connectivity index (χ1n) is 6.89. The highest BCUT2D eigenvalue weighted by Gasteiger charge is 2.23. The van der Waals surface area contributed by atoms with Crippen molar-refractivity contribution in [3.05, 3.63) is 59.7 Å². The second-order valence-corrected chi connectivity index (χ2v) is 6.12. The molecule has 0 saturated heterocycles. The van der Waals surface area contributed by atoms with Crippen LogP contribution in [0, 0.1) is 0 Å². The molecule has 0 radical (unpaired) electrons. The summed E-state index contributed by atoms with van der Waals surface area (Å²) in [6.45, 7) is 2.22. The van der Waals surface area contributed by atoms with Crippen molar-refractivity contribution < 1.29 is 4.74 Å². The van der Waals surface area contributed by atoms with E-state index in [2.05, 4.69) is 48.6 Å². The smallest absolute Gasteiger partial charge is 0.118 e. The zero-order chi connectivity index (χ0) is 13.9. The van der Waals surface area contributed by atoms with E-state index in [1.165, 1.54) is 16.0 Å². The van der Waals surface area contributed by atoms with Gasteiger partial charge in [0.2, 0.25) is 0 Å². The summed E-state index contributed by atoms with van der Waals surface area (Å²) in [7, 11) is 1.70. The first kappa shape index (κ1) is 13.5. The highest BCUT2D eigenvalue weighted by molar-refractivity contribution is 7.99. The van der Waals surface area contributed by atoms with Crippen molar-refractivity contribution in [3.8, 4) is 5.75 Å². The summed E-state index contributed by atoms with van der Waals surface area (Å²) in [6, 6.07) is 17.7. The van der Waals surface area contributed by atoms with Crippen molar-refractivity contribution in [1.82, 2.24) is 5.32 Å². The molecule has 1 heterocycles. The highest BCUT2D eigenvalue weighted by Crippen LogP contribution is 2.38. The summed E-state index contributed by atoms with van der Waals surface area (Å²) in [5.41, 5.74) is 2.72. The van der Waals surface area contributed by atoms with E-state index in [-0.39, 0.29) is 0 Å². The Morgan fingerprint density at radius 1 is 1.15 bits per heavy atom. The van der Waals surface area contributed by atoms with Crippen molar-refractivity contribution in [2.75, 3.05) is 12.9 Å². The molecule has 1 N–H and O–H groups in total. The third-order valence-corrected chi connectivity index (χ3v) is 4.95. The number of fused-ring (bicyclic) bond motifs is 1. The lowest BCUT2D eigenvalue weighted by Gasteiger charge is -2.20. The quantitative estimate of drug-likeness (QED) is 0.910. The normalized spacial score (nSPS) is 18.6. The molecule has 2 atom stereocenters. The Labute approximate surface area is 124 Å². The van der Waals surface area contributed by atoms with Gasteiger partial charge in [0.15, 0.2) is 0 Å². The minimum atomic E-state index is 0.331. The van der Waals surface area contributed by atoms with E-state index in [9.17, 15) is 0 Å². The van der Waals surface area contributed by atoms with Gasteiger partial charge in [-0.3, -0.25) is 0 Å². The number of rotatable bonds is 4. The largest absolute Gasteiger partial charge is 0.497 e. The molecule has 2 aromatic rings. The molecule has 0 fully saturated rings. The van der Waals surface area contributed by atoms with Gasteiger partial charge in [0.1, 0.15) is 5.75 Å². The van der Waals surface area contributed by atoms with Crippen LogP contribution in [0.1, 0.15) is 30.1 Å². The molecule has 2 aromatic carbocycles. The molecule has 0 aromatic heterocycles. The van der Waals surface area contributed by atoms with Gasteiger partial charge in [0.05, 0.1) is 7.11 Å². The van der Waals surface area contributed by atoms with E-state index in [0.717, 1.165) is 11.5 Å². The zero-order valence-electron chi connectivity index (χ0n) is 11.8. The fourth-order valence-corrected chi connectivity index (χ4v) is 3.76. The van der Waals surface area contributed by atoms with Gasteiger partial charge in [-0.2, -0.15) is 0 Å². The maximum atomic E-state index is 5.21. The number of thioether (sulfide) groups is 1. The van der Waals surface area contributed by atoms with Gasteiger partial charge in [-0.25, -0.2) is 0 Å². The van der Waals surface area contributed by atoms with E-state index in [1.54, 1.807) is 7.11 Å². The van der Waals surface area contributed by atoms with Gasteiger partial charge in [0.25, 0.3) is 0 Å². The highest BCUT2D eigenvalue weighted by atomic mass is 32.2. The minimum absolute atomic E-state index is 0.331. The number of methoxy groups -OCH3 is 1. The van der Waals surface area contributed by atoms with Crippen molar-refractivity contribution in [3.63, 3.8) is 0 Å². The molecular formula is C17H19NOS. The lowest BCUT2D eigenvalue weighted by molar-refractivity contribution is 0.414. The molecule has 0 aliphatic carbocycles. The zero-order valence-corrected chi connectivity index (χ0v) is 12.6. The van der Waals surface area contributed by atoms with Gasteiger partial charge < -0.3 is 10.1 Å². The summed E-state index contributed by atoms with van der Waals surface area (Å²) in [6.07, 6.45) is 0. The second-order valence-electron chi connectivity index (χ2n) is 5.06. The summed E-state index contributed by atoms with van der Waals surface area (Å²) in [4.78, 5) is 1.41. The maximum Gasteiger partial charge on any atom is 0.118 e. The Kier molecular flexibility index (Phi) is 3.99. The Morgan fingerprint density at radius 2 is 1.90 bits per heavy atom. The van der Waals surface area contributed by atoms with Crippen molar-refractivity contribution in [2.45, 2.75) is 23.9 Å². The fourth-order valence-electron chi connectivity index (χ4n) is 2.59. The third kappa shape index (κ3) is 2.69. The molecular weight excluding hydrogens is 266 g/mol. The van der Waals surface area contributed by atoms with Crippen molar-refractivity contribution in [2.24, 2.45) is 0 Å². The summed E-state index contributed by atoms with van der Waals surface area (Å²) >= 11 is 1.94. The van der Waals surface area contributed by atoms with Gasteiger partial charge in [0, 0.05) is 22.7 Å². The van der Waals surface area contributed by atoms with E-state index >= 15 is 0 Å². The Bertz CT molecular complexity index is 582. The lowest BCUT2D eigenvalue weighted by atomic mass is 10.0. The van der Waals surface area contributed by atoms with Crippen LogP contribution in [0.15, 0.2) is 53.4 Å². The second kappa shape index (κ2) is 5.90. The monoisotopic (exact) mass is 285 g/mol. The molecule has 1 unspecified atom stereocenters. The lowest BCUT2D eigenvalue weighted by Crippen LogP contribution is -2.24. The van der Waals surface area contributed by atoms with E-state index in [1.807, 2.05) is 23.9 Å². The average Bonchev–Trinajstić information content (AvgIpc) is 2.91. The maximum absolute atomic E-state index is 5.21. The van der Waals surface area contributed by atoms with Crippen LogP contribution in [-0.2, 0) is 0 Å². The van der Waals surface area contributed by atoms with Crippen molar-refractivity contribution in [1.29, 1.82) is 0 Å². The Balaban J connectivity index is 1.71. The molecule has 1 aliphatic heterocycles. The van der Waals surface area contributed by atoms with Crippen LogP contribution in [0.5, 0.6) is 5.75 Å². The van der Waals surface area contributed by atoms with Gasteiger partial charge in [-0.15, -0.1) is 11.8 Å². The van der Waals surface area contributed by atoms with Gasteiger partial charge >= 0.3 is 0 Å². The van der Waals surface area contributed by atoms with Crippen LogP contribution >= 0.6 is 11.8 Å². The van der Waals surface area contributed by atoms with Crippen LogP contribution in [-0.4, -0.2) is 12.9 Å². The number of hydrogen-bond acceptors (Lipinski definition) is 3. The van der Waals surface area contributed by atoms with Gasteiger partial charge in [-0.05, 0) is 36.2 Å². The molecule has 0 bridgehead atoms. The average molecular weight is 285 g/mol.